The first-order chi connectivity index (χ1) is 11.2. The van der Waals surface area contributed by atoms with Gasteiger partial charge in [-0.15, -0.1) is 0 Å². The third-order valence-corrected chi connectivity index (χ3v) is 3.58. The van der Waals surface area contributed by atoms with Gasteiger partial charge in [0.25, 0.3) is 0 Å². The number of rotatable bonds is 9. The lowest BCUT2D eigenvalue weighted by atomic mass is 10.1. The minimum absolute atomic E-state index is 0.0421. The van der Waals surface area contributed by atoms with Gasteiger partial charge < -0.3 is 19.4 Å². The van der Waals surface area contributed by atoms with Crippen molar-refractivity contribution in [2.45, 2.75) is 25.8 Å². The fourth-order valence-corrected chi connectivity index (χ4v) is 2.32. The van der Waals surface area contributed by atoms with Gasteiger partial charge in [0.2, 0.25) is 5.91 Å². The molecular formula is C17H23N3O3. The SMILES string of the molecule is COc1ccc(OC)c(CCC(=O)NCCCn2ccnc2)c1. The van der Waals surface area contributed by atoms with Crippen LogP contribution < -0.4 is 14.8 Å². The Morgan fingerprint density at radius 3 is 2.87 bits per heavy atom. The third-order valence-electron chi connectivity index (χ3n) is 3.58. The van der Waals surface area contributed by atoms with Gasteiger partial charge in [-0.05, 0) is 36.6 Å². The summed E-state index contributed by atoms with van der Waals surface area (Å²) in [5.74, 6) is 1.58. The van der Waals surface area contributed by atoms with Gasteiger partial charge in [-0.2, -0.15) is 0 Å². The Hall–Kier alpha value is -2.50. The predicted molar refractivity (Wildman–Crippen MR) is 87.7 cm³/mol. The Balaban J connectivity index is 1.73. The van der Waals surface area contributed by atoms with Crippen LogP contribution in [-0.2, 0) is 17.8 Å². The average Bonchev–Trinajstić information content (AvgIpc) is 3.10. The number of hydrogen-bond acceptors (Lipinski definition) is 4. The molecule has 1 N–H and O–H groups in total. The number of amides is 1. The van der Waals surface area contributed by atoms with E-state index >= 15 is 0 Å². The second kappa shape index (κ2) is 8.82. The molecule has 0 aliphatic carbocycles. The minimum atomic E-state index is 0.0421. The number of carbonyl (C=O) groups excluding carboxylic acids is 1. The van der Waals surface area contributed by atoms with Crippen molar-refractivity contribution in [3.8, 4) is 11.5 Å². The van der Waals surface area contributed by atoms with Crippen LogP contribution >= 0.6 is 0 Å². The van der Waals surface area contributed by atoms with Gasteiger partial charge in [0.15, 0.2) is 0 Å². The first kappa shape index (κ1) is 16.9. The van der Waals surface area contributed by atoms with E-state index in [4.69, 9.17) is 9.47 Å². The number of hydrogen-bond donors (Lipinski definition) is 1. The number of aromatic nitrogens is 2. The largest absolute Gasteiger partial charge is 0.497 e. The lowest BCUT2D eigenvalue weighted by Gasteiger charge is -2.10. The van der Waals surface area contributed by atoms with Crippen molar-refractivity contribution in [1.29, 1.82) is 0 Å². The van der Waals surface area contributed by atoms with Crippen LogP contribution in [0.25, 0.3) is 0 Å². The maximum absolute atomic E-state index is 11.9. The molecule has 6 nitrogen and oxygen atoms in total. The Bertz CT molecular complexity index is 612. The molecule has 0 saturated heterocycles. The van der Waals surface area contributed by atoms with Crippen LogP contribution in [0.5, 0.6) is 11.5 Å². The van der Waals surface area contributed by atoms with Gasteiger partial charge in [0, 0.05) is 31.9 Å². The molecule has 2 aromatic rings. The highest BCUT2D eigenvalue weighted by atomic mass is 16.5. The van der Waals surface area contributed by atoms with Gasteiger partial charge in [-0.25, -0.2) is 4.98 Å². The van der Waals surface area contributed by atoms with Crippen LogP contribution in [0.15, 0.2) is 36.9 Å². The smallest absolute Gasteiger partial charge is 0.220 e. The van der Waals surface area contributed by atoms with Crippen molar-refractivity contribution in [3.63, 3.8) is 0 Å². The lowest BCUT2D eigenvalue weighted by molar-refractivity contribution is -0.121. The van der Waals surface area contributed by atoms with Crippen molar-refractivity contribution >= 4 is 5.91 Å². The number of aryl methyl sites for hydroxylation is 2. The average molecular weight is 317 g/mol. The maximum atomic E-state index is 11.9. The summed E-state index contributed by atoms with van der Waals surface area (Å²) in [6.07, 6.45) is 7.36. The van der Waals surface area contributed by atoms with Crippen LogP contribution in [0.3, 0.4) is 0 Å². The first-order valence-corrected chi connectivity index (χ1v) is 7.66. The van der Waals surface area contributed by atoms with Crippen LogP contribution in [0, 0.1) is 0 Å². The topological polar surface area (TPSA) is 65.4 Å². The monoisotopic (exact) mass is 317 g/mol. The summed E-state index contributed by atoms with van der Waals surface area (Å²) < 4.78 is 12.5. The number of imidazole rings is 1. The summed E-state index contributed by atoms with van der Waals surface area (Å²) in [7, 11) is 3.25. The summed E-state index contributed by atoms with van der Waals surface area (Å²) in [5.41, 5.74) is 0.973. The standard InChI is InChI=1S/C17H23N3O3/c1-22-15-5-6-16(23-2)14(12-15)4-7-17(21)19-8-3-10-20-11-9-18-13-20/h5-6,9,11-13H,3-4,7-8,10H2,1-2H3,(H,19,21). The van der Waals surface area contributed by atoms with Crippen molar-refractivity contribution in [3.05, 3.63) is 42.5 Å². The first-order valence-electron chi connectivity index (χ1n) is 7.66. The Kier molecular flexibility index (Phi) is 6.47. The molecule has 1 amide bonds. The molecule has 0 unspecified atom stereocenters. The van der Waals surface area contributed by atoms with E-state index in [1.807, 2.05) is 29.0 Å². The van der Waals surface area contributed by atoms with E-state index in [1.54, 1.807) is 26.7 Å². The van der Waals surface area contributed by atoms with Crippen molar-refractivity contribution in [1.82, 2.24) is 14.9 Å². The molecule has 0 aliphatic heterocycles. The number of carbonyl (C=O) groups is 1. The van der Waals surface area contributed by atoms with Gasteiger partial charge in [0.1, 0.15) is 11.5 Å². The molecule has 1 aromatic carbocycles. The fourth-order valence-electron chi connectivity index (χ4n) is 2.32. The van der Waals surface area contributed by atoms with Gasteiger partial charge in [-0.1, -0.05) is 0 Å². The van der Waals surface area contributed by atoms with E-state index in [9.17, 15) is 4.79 Å². The van der Waals surface area contributed by atoms with Gasteiger partial charge in [0.05, 0.1) is 20.5 Å². The Labute approximate surface area is 136 Å². The quantitative estimate of drug-likeness (QED) is 0.719. The second-order valence-corrected chi connectivity index (χ2v) is 5.18. The lowest BCUT2D eigenvalue weighted by Crippen LogP contribution is -2.25. The molecule has 6 heteroatoms. The Morgan fingerprint density at radius 2 is 2.17 bits per heavy atom. The van der Waals surface area contributed by atoms with E-state index in [1.165, 1.54) is 0 Å². The molecule has 0 radical (unpaired) electrons. The molecular weight excluding hydrogens is 294 g/mol. The number of ether oxygens (including phenoxy) is 2. The summed E-state index contributed by atoms with van der Waals surface area (Å²) in [6, 6.07) is 5.61. The molecule has 0 bridgehead atoms. The highest BCUT2D eigenvalue weighted by Crippen LogP contribution is 2.24. The number of benzene rings is 1. The molecule has 0 atom stereocenters. The Morgan fingerprint density at radius 1 is 1.30 bits per heavy atom. The molecule has 23 heavy (non-hydrogen) atoms. The second-order valence-electron chi connectivity index (χ2n) is 5.18. The number of methoxy groups -OCH3 is 2. The van der Waals surface area contributed by atoms with E-state index in [0.29, 0.717) is 19.4 Å². The van der Waals surface area contributed by atoms with E-state index < -0.39 is 0 Å². The molecule has 0 aliphatic rings. The fraction of sp³-hybridized carbons (Fsp3) is 0.412. The van der Waals surface area contributed by atoms with Crippen molar-refractivity contribution in [2.24, 2.45) is 0 Å². The summed E-state index contributed by atoms with van der Waals surface area (Å²) in [5, 5.41) is 2.94. The molecule has 0 saturated carbocycles. The summed E-state index contributed by atoms with van der Waals surface area (Å²) in [6.45, 7) is 1.51. The number of nitrogens with zero attached hydrogens (tertiary/aromatic N) is 2. The molecule has 0 fully saturated rings. The highest BCUT2D eigenvalue weighted by Gasteiger charge is 2.08. The van der Waals surface area contributed by atoms with Crippen LogP contribution in [-0.4, -0.2) is 36.2 Å². The molecule has 1 heterocycles. The predicted octanol–water partition coefficient (Wildman–Crippen LogP) is 2.04. The van der Waals surface area contributed by atoms with E-state index in [0.717, 1.165) is 30.0 Å². The molecule has 124 valence electrons. The summed E-state index contributed by atoms with van der Waals surface area (Å²) >= 11 is 0. The van der Waals surface area contributed by atoms with Gasteiger partial charge in [-0.3, -0.25) is 4.79 Å². The van der Waals surface area contributed by atoms with Crippen LogP contribution in [0.4, 0.5) is 0 Å². The van der Waals surface area contributed by atoms with Crippen molar-refractivity contribution in [2.75, 3.05) is 20.8 Å². The molecule has 2 rings (SSSR count). The third kappa shape index (κ3) is 5.32. The van der Waals surface area contributed by atoms with Crippen LogP contribution in [0.2, 0.25) is 0 Å². The van der Waals surface area contributed by atoms with E-state index in [2.05, 4.69) is 10.3 Å². The molecule has 1 aromatic heterocycles. The normalized spacial score (nSPS) is 10.3. The number of nitrogens with one attached hydrogen (secondary N) is 1. The summed E-state index contributed by atoms with van der Waals surface area (Å²) in [4.78, 5) is 15.9. The molecule has 0 spiro atoms. The van der Waals surface area contributed by atoms with Gasteiger partial charge >= 0.3 is 0 Å². The zero-order valence-electron chi connectivity index (χ0n) is 13.6. The highest BCUT2D eigenvalue weighted by molar-refractivity contribution is 5.76. The minimum Gasteiger partial charge on any atom is -0.497 e. The maximum Gasteiger partial charge on any atom is 0.220 e. The van der Waals surface area contributed by atoms with Crippen molar-refractivity contribution < 1.29 is 14.3 Å². The van der Waals surface area contributed by atoms with Crippen LogP contribution in [0.1, 0.15) is 18.4 Å². The zero-order chi connectivity index (χ0) is 16.5. The zero-order valence-corrected chi connectivity index (χ0v) is 13.6. The van der Waals surface area contributed by atoms with E-state index in [-0.39, 0.29) is 5.91 Å².